The Kier molecular flexibility index (Phi) is 4.44. The van der Waals surface area contributed by atoms with Gasteiger partial charge in [0, 0.05) is 12.5 Å². The van der Waals surface area contributed by atoms with E-state index in [-0.39, 0.29) is 29.3 Å². The summed E-state index contributed by atoms with van der Waals surface area (Å²) in [5.41, 5.74) is 6.03. The Balaban J connectivity index is 1.99. The number of hydrogen-bond donors (Lipinski definition) is 1. The molecule has 1 aliphatic carbocycles. The lowest BCUT2D eigenvalue weighted by Crippen LogP contribution is -2.48. The molecule has 104 valence electrons. The maximum Gasteiger partial charge on any atom is 0.153 e. The molecule has 1 aliphatic heterocycles. The molecule has 0 bridgehead atoms. The summed E-state index contributed by atoms with van der Waals surface area (Å²) < 4.78 is 6.03. The molecule has 2 unspecified atom stereocenters. The quantitative estimate of drug-likeness (QED) is 0.841. The number of nitrogens with two attached hydrogens (primary N) is 1. The SMILES string of the molecule is CC(C)C(N)C(=O)C1CCOC2(CCCCC2)C1. The standard InChI is InChI=1S/C15H27NO2/c1-11(2)13(16)14(17)12-6-9-18-15(10-12)7-4-3-5-8-15/h11-13H,3-10,16H2,1-2H3. The summed E-state index contributed by atoms with van der Waals surface area (Å²) in [6.45, 7) is 4.79. The van der Waals surface area contributed by atoms with Crippen LogP contribution in [0.3, 0.4) is 0 Å². The fraction of sp³-hybridized carbons (Fsp3) is 0.933. The number of Topliss-reactive ketones (excluding diaryl/α,β-unsaturated/α-hetero) is 1. The van der Waals surface area contributed by atoms with Crippen molar-refractivity contribution in [1.82, 2.24) is 0 Å². The minimum absolute atomic E-state index is 0.00747. The van der Waals surface area contributed by atoms with E-state index in [9.17, 15) is 4.79 Å². The van der Waals surface area contributed by atoms with E-state index in [0.29, 0.717) is 0 Å². The highest BCUT2D eigenvalue weighted by Crippen LogP contribution is 2.41. The van der Waals surface area contributed by atoms with Gasteiger partial charge in [0.2, 0.25) is 0 Å². The van der Waals surface area contributed by atoms with Gasteiger partial charge in [-0.3, -0.25) is 4.79 Å². The second-order valence-corrected chi connectivity index (χ2v) is 6.45. The van der Waals surface area contributed by atoms with Gasteiger partial charge in [-0.1, -0.05) is 33.1 Å². The van der Waals surface area contributed by atoms with E-state index < -0.39 is 0 Å². The first kappa shape index (κ1) is 14.0. The molecular formula is C15H27NO2. The van der Waals surface area contributed by atoms with Crippen LogP contribution in [0.15, 0.2) is 0 Å². The fourth-order valence-corrected chi connectivity index (χ4v) is 3.42. The predicted molar refractivity (Wildman–Crippen MR) is 72.3 cm³/mol. The van der Waals surface area contributed by atoms with E-state index >= 15 is 0 Å². The lowest BCUT2D eigenvalue weighted by molar-refractivity contribution is -0.144. The highest BCUT2D eigenvalue weighted by atomic mass is 16.5. The van der Waals surface area contributed by atoms with E-state index in [1.807, 2.05) is 13.8 Å². The third kappa shape index (κ3) is 2.94. The molecule has 3 heteroatoms. The Morgan fingerprint density at radius 3 is 2.56 bits per heavy atom. The molecule has 2 rings (SSSR count). The van der Waals surface area contributed by atoms with Crippen molar-refractivity contribution >= 4 is 5.78 Å². The van der Waals surface area contributed by atoms with Crippen molar-refractivity contribution in [2.45, 2.75) is 70.4 Å². The molecule has 3 nitrogen and oxygen atoms in total. The van der Waals surface area contributed by atoms with E-state index in [4.69, 9.17) is 10.5 Å². The van der Waals surface area contributed by atoms with Crippen LogP contribution in [0.2, 0.25) is 0 Å². The summed E-state index contributed by atoms with van der Waals surface area (Å²) in [6, 6.07) is -0.297. The molecular weight excluding hydrogens is 226 g/mol. The third-order valence-corrected chi connectivity index (χ3v) is 4.71. The molecule has 18 heavy (non-hydrogen) atoms. The monoisotopic (exact) mass is 253 g/mol. The first-order valence-corrected chi connectivity index (χ1v) is 7.47. The maximum atomic E-state index is 12.4. The number of rotatable bonds is 3. The Bertz CT molecular complexity index is 289. The van der Waals surface area contributed by atoms with Crippen molar-refractivity contribution in [3.05, 3.63) is 0 Å². The van der Waals surface area contributed by atoms with E-state index in [2.05, 4.69) is 0 Å². The fourth-order valence-electron chi connectivity index (χ4n) is 3.42. The van der Waals surface area contributed by atoms with Crippen LogP contribution in [0.1, 0.15) is 58.8 Å². The molecule has 2 N–H and O–H groups in total. The smallest absolute Gasteiger partial charge is 0.153 e. The zero-order valence-corrected chi connectivity index (χ0v) is 11.8. The normalized spacial score (nSPS) is 29.4. The highest BCUT2D eigenvalue weighted by molar-refractivity contribution is 5.86. The van der Waals surface area contributed by atoms with Gasteiger partial charge in [0.05, 0.1) is 11.6 Å². The lowest BCUT2D eigenvalue weighted by atomic mass is 9.73. The number of carbonyl (C=O) groups excluding carboxylic acids is 1. The topological polar surface area (TPSA) is 52.3 Å². The molecule has 1 heterocycles. The minimum Gasteiger partial charge on any atom is -0.375 e. The van der Waals surface area contributed by atoms with Crippen molar-refractivity contribution in [3.8, 4) is 0 Å². The second-order valence-electron chi connectivity index (χ2n) is 6.45. The van der Waals surface area contributed by atoms with Crippen LogP contribution in [-0.4, -0.2) is 24.0 Å². The molecule has 2 aliphatic rings. The molecule has 0 radical (unpaired) electrons. The highest BCUT2D eigenvalue weighted by Gasteiger charge is 2.41. The van der Waals surface area contributed by atoms with Crippen LogP contribution in [0.5, 0.6) is 0 Å². The van der Waals surface area contributed by atoms with Crippen LogP contribution < -0.4 is 5.73 Å². The van der Waals surface area contributed by atoms with Gasteiger partial charge < -0.3 is 10.5 Å². The van der Waals surface area contributed by atoms with Gasteiger partial charge in [0.1, 0.15) is 0 Å². The summed E-state index contributed by atoms with van der Waals surface area (Å²) in [6.07, 6.45) is 7.85. The van der Waals surface area contributed by atoms with Crippen molar-refractivity contribution in [1.29, 1.82) is 0 Å². The van der Waals surface area contributed by atoms with Crippen LogP contribution in [-0.2, 0) is 9.53 Å². The van der Waals surface area contributed by atoms with Crippen LogP contribution >= 0.6 is 0 Å². The average molecular weight is 253 g/mol. The van der Waals surface area contributed by atoms with E-state index in [0.717, 1.165) is 32.3 Å². The van der Waals surface area contributed by atoms with Crippen molar-refractivity contribution in [3.63, 3.8) is 0 Å². The zero-order valence-electron chi connectivity index (χ0n) is 11.8. The van der Waals surface area contributed by atoms with Gasteiger partial charge in [0.25, 0.3) is 0 Å². The summed E-state index contributed by atoms with van der Waals surface area (Å²) in [5.74, 6) is 0.634. The number of ketones is 1. The predicted octanol–water partition coefficient (Wildman–Crippen LogP) is 2.67. The lowest BCUT2D eigenvalue weighted by Gasteiger charge is -2.43. The molecule has 1 spiro atoms. The summed E-state index contributed by atoms with van der Waals surface area (Å²) >= 11 is 0. The molecule has 0 aromatic heterocycles. The molecule has 0 aromatic carbocycles. The largest absolute Gasteiger partial charge is 0.375 e. The third-order valence-electron chi connectivity index (χ3n) is 4.71. The van der Waals surface area contributed by atoms with Gasteiger partial charge >= 0.3 is 0 Å². The molecule has 1 saturated heterocycles. The minimum atomic E-state index is -0.297. The van der Waals surface area contributed by atoms with Crippen molar-refractivity contribution in [2.75, 3.05) is 6.61 Å². The van der Waals surface area contributed by atoms with Gasteiger partial charge in [-0.05, 0) is 31.6 Å². The zero-order chi connectivity index (χ0) is 13.2. The first-order valence-electron chi connectivity index (χ1n) is 7.47. The Morgan fingerprint density at radius 1 is 1.28 bits per heavy atom. The van der Waals surface area contributed by atoms with Gasteiger partial charge in [-0.15, -0.1) is 0 Å². The summed E-state index contributed by atoms with van der Waals surface area (Å²) in [5, 5.41) is 0. The van der Waals surface area contributed by atoms with E-state index in [1.54, 1.807) is 0 Å². The number of hydrogen-bond acceptors (Lipinski definition) is 3. The Morgan fingerprint density at radius 2 is 1.94 bits per heavy atom. The molecule has 0 aromatic rings. The summed E-state index contributed by atoms with van der Waals surface area (Å²) in [7, 11) is 0. The van der Waals surface area contributed by atoms with Crippen LogP contribution in [0.4, 0.5) is 0 Å². The molecule has 2 fully saturated rings. The van der Waals surface area contributed by atoms with Gasteiger partial charge in [-0.25, -0.2) is 0 Å². The van der Waals surface area contributed by atoms with Crippen LogP contribution in [0.25, 0.3) is 0 Å². The van der Waals surface area contributed by atoms with E-state index in [1.165, 1.54) is 19.3 Å². The Labute approximate surface area is 110 Å². The first-order chi connectivity index (χ1) is 8.54. The second kappa shape index (κ2) is 5.70. The molecule has 2 atom stereocenters. The Hall–Kier alpha value is -0.410. The van der Waals surface area contributed by atoms with Crippen LogP contribution in [0, 0.1) is 11.8 Å². The van der Waals surface area contributed by atoms with Crippen molar-refractivity contribution < 1.29 is 9.53 Å². The molecule has 1 saturated carbocycles. The van der Waals surface area contributed by atoms with Gasteiger partial charge in [-0.2, -0.15) is 0 Å². The van der Waals surface area contributed by atoms with Crippen molar-refractivity contribution in [2.24, 2.45) is 17.6 Å². The average Bonchev–Trinajstić information content (AvgIpc) is 2.38. The summed E-state index contributed by atoms with van der Waals surface area (Å²) in [4.78, 5) is 12.4. The number of carbonyl (C=O) groups is 1. The van der Waals surface area contributed by atoms with Gasteiger partial charge in [0.15, 0.2) is 5.78 Å². The number of ether oxygens (including phenoxy) is 1. The molecule has 0 amide bonds. The maximum absolute atomic E-state index is 12.4.